The summed E-state index contributed by atoms with van der Waals surface area (Å²) in [5, 5.41) is 2.99. The largest absolute Gasteiger partial charge is 0.373 e. The minimum Gasteiger partial charge on any atom is -0.373 e. The molecule has 3 atom stereocenters. The van der Waals surface area contributed by atoms with Crippen molar-refractivity contribution in [2.24, 2.45) is 11.7 Å². The van der Waals surface area contributed by atoms with Crippen LogP contribution >= 0.6 is 0 Å². The predicted octanol–water partition coefficient (Wildman–Crippen LogP) is 2.40. The molecule has 21 heavy (non-hydrogen) atoms. The first-order valence-electron chi connectivity index (χ1n) is 7.92. The average molecular weight is 290 g/mol. The van der Waals surface area contributed by atoms with Crippen molar-refractivity contribution in [1.29, 1.82) is 0 Å². The van der Waals surface area contributed by atoms with Crippen molar-refractivity contribution in [3.8, 4) is 0 Å². The maximum absolute atomic E-state index is 11.9. The van der Waals surface area contributed by atoms with Crippen molar-refractivity contribution in [2.45, 2.75) is 44.8 Å². The third-order valence-corrected chi connectivity index (χ3v) is 4.05. The van der Waals surface area contributed by atoms with Crippen molar-refractivity contribution in [1.82, 2.24) is 5.32 Å². The number of nitrogens with one attached hydrogen (secondary N) is 1. The van der Waals surface area contributed by atoms with Crippen LogP contribution in [0.5, 0.6) is 0 Å². The maximum Gasteiger partial charge on any atom is 0.236 e. The van der Waals surface area contributed by atoms with Crippen LogP contribution in [0, 0.1) is 5.92 Å². The molecule has 0 bridgehead atoms. The van der Waals surface area contributed by atoms with Gasteiger partial charge in [0.15, 0.2) is 0 Å². The van der Waals surface area contributed by atoms with Crippen LogP contribution in [0.2, 0.25) is 0 Å². The molecule has 0 spiro atoms. The van der Waals surface area contributed by atoms with Gasteiger partial charge in [-0.3, -0.25) is 4.79 Å². The summed E-state index contributed by atoms with van der Waals surface area (Å²) in [6.07, 6.45) is 3.85. The molecule has 1 aromatic carbocycles. The Kier molecular flexibility index (Phi) is 6.21. The van der Waals surface area contributed by atoms with E-state index in [0.717, 1.165) is 32.3 Å². The number of nitrogens with two attached hydrogens (primary N) is 1. The Morgan fingerprint density at radius 3 is 2.90 bits per heavy atom. The number of benzene rings is 1. The lowest BCUT2D eigenvalue weighted by molar-refractivity contribution is -0.123. The lowest BCUT2D eigenvalue weighted by Crippen LogP contribution is -2.43. The van der Waals surface area contributed by atoms with Gasteiger partial charge >= 0.3 is 0 Å². The van der Waals surface area contributed by atoms with Crippen LogP contribution in [0.25, 0.3) is 0 Å². The summed E-state index contributed by atoms with van der Waals surface area (Å²) in [5.74, 6) is 0.271. The standard InChI is InChI=1S/C17H26N2O2/c1-2-7-15(18)17(20)19-12-14-10-6-11-21-16(14)13-8-4-3-5-9-13/h3-5,8-9,14-16H,2,6-7,10-12,18H2,1H3,(H,19,20). The lowest BCUT2D eigenvalue weighted by atomic mass is 9.89. The highest BCUT2D eigenvalue weighted by Gasteiger charge is 2.28. The SMILES string of the molecule is CCCC(N)C(=O)NCC1CCCOC1c1ccccc1. The van der Waals surface area contributed by atoms with Crippen LogP contribution in [0.1, 0.15) is 44.3 Å². The molecule has 1 amide bonds. The zero-order valence-electron chi connectivity index (χ0n) is 12.8. The second-order valence-electron chi connectivity index (χ2n) is 5.74. The first kappa shape index (κ1) is 16.0. The molecule has 1 aromatic rings. The number of ether oxygens (including phenoxy) is 1. The third kappa shape index (κ3) is 4.55. The molecule has 1 saturated heterocycles. The van der Waals surface area contributed by atoms with E-state index in [9.17, 15) is 4.79 Å². The Morgan fingerprint density at radius 1 is 1.43 bits per heavy atom. The molecule has 4 nitrogen and oxygen atoms in total. The summed E-state index contributed by atoms with van der Waals surface area (Å²) < 4.78 is 5.93. The molecule has 1 aliphatic heterocycles. The van der Waals surface area contributed by atoms with E-state index in [0.29, 0.717) is 12.5 Å². The predicted molar refractivity (Wildman–Crippen MR) is 83.8 cm³/mol. The number of amides is 1. The highest BCUT2D eigenvalue weighted by Crippen LogP contribution is 2.33. The van der Waals surface area contributed by atoms with Crippen LogP contribution in [-0.2, 0) is 9.53 Å². The summed E-state index contributed by atoms with van der Waals surface area (Å²) in [7, 11) is 0. The molecule has 0 aliphatic carbocycles. The average Bonchev–Trinajstić information content (AvgIpc) is 2.54. The topological polar surface area (TPSA) is 64.4 Å². The van der Waals surface area contributed by atoms with E-state index in [2.05, 4.69) is 17.4 Å². The Morgan fingerprint density at radius 2 is 2.19 bits per heavy atom. The van der Waals surface area contributed by atoms with Crippen LogP contribution < -0.4 is 11.1 Å². The van der Waals surface area contributed by atoms with Crippen molar-refractivity contribution in [2.75, 3.05) is 13.2 Å². The molecule has 4 heteroatoms. The van der Waals surface area contributed by atoms with Crippen molar-refractivity contribution < 1.29 is 9.53 Å². The number of rotatable bonds is 6. The van der Waals surface area contributed by atoms with Gasteiger partial charge < -0.3 is 15.8 Å². The number of carbonyl (C=O) groups excluding carboxylic acids is 1. The first-order valence-corrected chi connectivity index (χ1v) is 7.92. The Balaban J connectivity index is 1.92. The molecular weight excluding hydrogens is 264 g/mol. The van der Waals surface area contributed by atoms with Gasteiger partial charge in [-0.15, -0.1) is 0 Å². The van der Waals surface area contributed by atoms with E-state index in [4.69, 9.17) is 10.5 Å². The van der Waals surface area contributed by atoms with Gasteiger partial charge in [-0.1, -0.05) is 43.7 Å². The van der Waals surface area contributed by atoms with Gasteiger partial charge in [0, 0.05) is 19.1 Å². The normalized spacial score (nSPS) is 23.5. The van der Waals surface area contributed by atoms with Crippen molar-refractivity contribution >= 4 is 5.91 Å². The molecule has 3 N–H and O–H groups in total. The van der Waals surface area contributed by atoms with Gasteiger partial charge in [-0.25, -0.2) is 0 Å². The fourth-order valence-electron chi connectivity index (χ4n) is 2.87. The fraction of sp³-hybridized carbons (Fsp3) is 0.588. The van der Waals surface area contributed by atoms with Gasteiger partial charge in [-0.05, 0) is 24.8 Å². The minimum atomic E-state index is -0.394. The monoisotopic (exact) mass is 290 g/mol. The summed E-state index contributed by atoms with van der Waals surface area (Å²) in [6, 6.07) is 9.85. The van der Waals surface area contributed by atoms with Crippen LogP contribution in [0.15, 0.2) is 30.3 Å². The van der Waals surface area contributed by atoms with Crippen LogP contribution in [0.3, 0.4) is 0 Å². The molecule has 2 rings (SSSR count). The molecule has 116 valence electrons. The van der Waals surface area contributed by atoms with Gasteiger partial charge in [-0.2, -0.15) is 0 Å². The molecule has 3 unspecified atom stereocenters. The van der Waals surface area contributed by atoms with Gasteiger partial charge in [0.1, 0.15) is 0 Å². The van der Waals surface area contributed by atoms with E-state index in [1.807, 2.05) is 25.1 Å². The van der Waals surface area contributed by atoms with Gasteiger partial charge in [0.2, 0.25) is 5.91 Å². The second kappa shape index (κ2) is 8.15. The van der Waals surface area contributed by atoms with E-state index in [1.54, 1.807) is 0 Å². The maximum atomic E-state index is 11.9. The van der Waals surface area contributed by atoms with Crippen molar-refractivity contribution in [3.63, 3.8) is 0 Å². The quantitative estimate of drug-likeness (QED) is 0.845. The van der Waals surface area contributed by atoms with Crippen molar-refractivity contribution in [3.05, 3.63) is 35.9 Å². The molecule has 0 radical (unpaired) electrons. The molecular formula is C17H26N2O2. The first-order chi connectivity index (χ1) is 10.2. The molecule has 1 heterocycles. The number of hydrogen-bond donors (Lipinski definition) is 2. The van der Waals surface area contributed by atoms with Gasteiger partial charge in [0.25, 0.3) is 0 Å². The zero-order chi connectivity index (χ0) is 15.1. The zero-order valence-corrected chi connectivity index (χ0v) is 12.8. The van der Waals surface area contributed by atoms with E-state index >= 15 is 0 Å². The lowest BCUT2D eigenvalue weighted by Gasteiger charge is -2.32. The van der Waals surface area contributed by atoms with E-state index < -0.39 is 6.04 Å². The Hall–Kier alpha value is -1.39. The van der Waals surface area contributed by atoms with E-state index in [-0.39, 0.29) is 12.0 Å². The van der Waals surface area contributed by atoms with Crippen LogP contribution in [0.4, 0.5) is 0 Å². The summed E-state index contributed by atoms with van der Waals surface area (Å²) >= 11 is 0. The minimum absolute atomic E-state index is 0.0470. The summed E-state index contributed by atoms with van der Waals surface area (Å²) in [4.78, 5) is 11.9. The molecule has 0 saturated carbocycles. The summed E-state index contributed by atoms with van der Waals surface area (Å²) in [6.45, 7) is 3.46. The Bertz CT molecular complexity index is 436. The summed E-state index contributed by atoms with van der Waals surface area (Å²) in [5.41, 5.74) is 7.04. The second-order valence-corrected chi connectivity index (χ2v) is 5.74. The molecule has 1 fully saturated rings. The Labute approximate surface area is 127 Å². The number of hydrogen-bond acceptors (Lipinski definition) is 3. The fourth-order valence-corrected chi connectivity index (χ4v) is 2.87. The smallest absolute Gasteiger partial charge is 0.236 e. The highest BCUT2D eigenvalue weighted by molar-refractivity contribution is 5.81. The van der Waals surface area contributed by atoms with Gasteiger partial charge in [0.05, 0.1) is 12.1 Å². The van der Waals surface area contributed by atoms with E-state index in [1.165, 1.54) is 5.56 Å². The van der Waals surface area contributed by atoms with Crippen LogP contribution in [-0.4, -0.2) is 25.1 Å². The third-order valence-electron chi connectivity index (χ3n) is 4.05. The number of carbonyl (C=O) groups is 1. The molecule has 0 aromatic heterocycles. The highest BCUT2D eigenvalue weighted by atomic mass is 16.5. The molecule has 1 aliphatic rings.